The first kappa shape index (κ1) is 15.4. The molecule has 0 radical (unpaired) electrons. The molecule has 1 N–H and O–H groups in total. The van der Waals surface area contributed by atoms with Gasteiger partial charge in [-0.05, 0) is 31.5 Å². The van der Waals surface area contributed by atoms with E-state index in [4.69, 9.17) is 5.11 Å². The highest BCUT2D eigenvalue weighted by molar-refractivity contribution is 9.10. The average Bonchev–Trinajstić information content (AvgIpc) is 2.80. The Labute approximate surface area is 130 Å². The third kappa shape index (κ3) is 3.55. The Morgan fingerprint density at radius 2 is 2.25 bits per heavy atom. The summed E-state index contributed by atoms with van der Waals surface area (Å²) in [5, 5.41) is 9.16. The smallest absolute Gasteiger partial charge is 0.311 e. The summed E-state index contributed by atoms with van der Waals surface area (Å²) in [7, 11) is 0. The number of nitrogens with zero attached hydrogens (tertiary/aromatic N) is 1. The van der Waals surface area contributed by atoms with Crippen LogP contribution in [0.5, 0.6) is 0 Å². The van der Waals surface area contributed by atoms with Crippen LogP contribution in [0.3, 0.4) is 0 Å². The molecule has 1 aromatic rings. The Balaban J connectivity index is 1.89. The number of benzene rings is 1. The number of aliphatic carboxylic acids is 1. The molecule has 0 aliphatic carbocycles. The SMILES string of the molecule is CC1(C(=O)O)CCN(C(=O)CSc2cccc(Br)c2)C1. The number of thioether (sulfide) groups is 1. The monoisotopic (exact) mass is 357 g/mol. The summed E-state index contributed by atoms with van der Waals surface area (Å²) in [6, 6.07) is 7.77. The summed E-state index contributed by atoms with van der Waals surface area (Å²) in [5.41, 5.74) is -0.796. The summed E-state index contributed by atoms with van der Waals surface area (Å²) in [5.74, 6) is -0.487. The van der Waals surface area contributed by atoms with Crippen LogP contribution in [0, 0.1) is 5.41 Å². The predicted molar refractivity (Wildman–Crippen MR) is 81.8 cm³/mol. The molecule has 4 nitrogen and oxygen atoms in total. The highest BCUT2D eigenvalue weighted by atomic mass is 79.9. The fourth-order valence-corrected chi connectivity index (χ4v) is 3.55. The number of halogens is 1. The lowest BCUT2D eigenvalue weighted by molar-refractivity contribution is -0.147. The van der Waals surface area contributed by atoms with Gasteiger partial charge in [-0.1, -0.05) is 22.0 Å². The van der Waals surface area contributed by atoms with E-state index in [0.29, 0.717) is 25.3 Å². The van der Waals surface area contributed by atoms with E-state index < -0.39 is 11.4 Å². The highest BCUT2D eigenvalue weighted by Gasteiger charge is 2.41. The molecule has 20 heavy (non-hydrogen) atoms. The second kappa shape index (κ2) is 6.18. The van der Waals surface area contributed by atoms with Crippen molar-refractivity contribution in [1.82, 2.24) is 4.90 Å². The molecule has 1 saturated heterocycles. The standard InChI is InChI=1S/C14H16BrNO3S/c1-14(13(18)19)5-6-16(9-14)12(17)8-20-11-4-2-3-10(15)7-11/h2-4,7H,5-6,8-9H2,1H3,(H,18,19). The maximum absolute atomic E-state index is 12.1. The van der Waals surface area contributed by atoms with Gasteiger partial charge in [0.25, 0.3) is 0 Å². The van der Waals surface area contributed by atoms with Crippen molar-refractivity contribution in [3.8, 4) is 0 Å². The van der Waals surface area contributed by atoms with E-state index in [1.807, 2.05) is 24.3 Å². The molecule has 1 atom stereocenters. The van der Waals surface area contributed by atoms with Gasteiger partial charge in [0.05, 0.1) is 11.2 Å². The highest BCUT2D eigenvalue weighted by Crippen LogP contribution is 2.31. The quantitative estimate of drug-likeness (QED) is 0.841. The molecule has 0 aromatic heterocycles. The van der Waals surface area contributed by atoms with Crippen LogP contribution in [0.1, 0.15) is 13.3 Å². The fourth-order valence-electron chi connectivity index (χ4n) is 2.14. The van der Waals surface area contributed by atoms with Gasteiger partial charge in [0.2, 0.25) is 5.91 Å². The summed E-state index contributed by atoms with van der Waals surface area (Å²) < 4.78 is 0.981. The lowest BCUT2D eigenvalue weighted by Gasteiger charge is -2.20. The molecule has 0 bridgehead atoms. The number of carboxylic acids is 1. The van der Waals surface area contributed by atoms with Crippen molar-refractivity contribution in [1.29, 1.82) is 0 Å². The summed E-state index contributed by atoms with van der Waals surface area (Å²) in [6.45, 7) is 2.53. The molecule has 1 aliphatic heterocycles. The molecule has 1 fully saturated rings. The average molecular weight is 358 g/mol. The first-order valence-corrected chi connectivity index (χ1v) is 8.08. The van der Waals surface area contributed by atoms with Gasteiger partial charge in [0.15, 0.2) is 0 Å². The van der Waals surface area contributed by atoms with Crippen LogP contribution >= 0.6 is 27.7 Å². The molecule has 0 spiro atoms. The van der Waals surface area contributed by atoms with E-state index in [1.54, 1.807) is 11.8 Å². The Hall–Kier alpha value is -1.01. The number of hydrogen-bond donors (Lipinski definition) is 1. The molecule has 1 amide bonds. The van der Waals surface area contributed by atoms with Crippen LogP contribution < -0.4 is 0 Å². The topological polar surface area (TPSA) is 57.6 Å². The number of rotatable bonds is 4. The molecule has 0 saturated carbocycles. The number of likely N-dealkylation sites (tertiary alicyclic amines) is 1. The van der Waals surface area contributed by atoms with E-state index in [-0.39, 0.29) is 5.91 Å². The predicted octanol–water partition coefficient (Wildman–Crippen LogP) is 2.86. The van der Waals surface area contributed by atoms with Crippen molar-refractivity contribution in [3.05, 3.63) is 28.7 Å². The Kier molecular flexibility index (Phi) is 4.75. The lowest BCUT2D eigenvalue weighted by atomic mass is 9.90. The van der Waals surface area contributed by atoms with Crippen LogP contribution in [-0.4, -0.2) is 40.7 Å². The van der Waals surface area contributed by atoms with E-state index in [2.05, 4.69) is 15.9 Å². The molecule has 1 heterocycles. The van der Waals surface area contributed by atoms with Crippen molar-refractivity contribution < 1.29 is 14.7 Å². The second-order valence-electron chi connectivity index (χ2n) is 5.18. The van der Waals surface area contributed by atoms with Gasteiger partial charge in [0.1, 0.15) is 0 Å². The minimum Gasteiger partial charge on any atom is -0.481 e. The summed E-state index contributed by atoms with van der Waals surface area (Å²) in [4.78, 5) is 25.9. The second-order valence-corrected chi connectivity index (χ2v) is 7.14. The van der Waals surface area contributed by atoms with Crippen molar-refractivity contribution in [2.45, 2.75) is 18.2 Å². The van der Waals surface area contributed by atoms with Crippen LogP contribution in [-0.2, 0) is 9.59 Å². The van der Waals surface area contributed by atoms with Gasteiger partial charge in [0, 0.05) is 22.5 Å². The van der Waals surface area contributed by atoms with Crippen molar-refractivity contribution in [3.63, 3.8) is 0 Å². The van der Waals surface area contributed by atoms with Crippen LogP contribution in [0.25, 0.3) is 0 Å². The van der Waals surface area contributed by atoms with Gasteiger partial charge in [-0.25, -0.2) is 0 Å². The summed E-state index contributed by atoms with van der Waals surface area (Å²) >= 11 is 4.86. The fraction of sp³-hybridized carbons (Fsp3) is 0.429. The number of carbonyl (C=O) groups is 2. The maximum Gasteiger partial charge on any atom is 0.311 e. The number of carbonyl (C=O) groups excluding carboxylic acids is 1. The molecule has 1 aromatic carbocycles. The molecule has 2 rings (SSSR count). The molecule has 6 heteroatoms. The van der Waals surface area contributed by atoms with E-state index in [0.717, 1.165) is 9.37 Å². The van der Waals surface area contributed by atoms with Crippen LogP contribution in [0.15, 0.2) is 33.6 Å². The molecule has 108 valence electrons. The normalized spacial score (nSPS) is 22.0. The van der Waals surface area contributed by atoms with Gasteiger partial charge in [-0.15, -0.1) is 11.8 Å². The third-order valence-corrected chi connectivity index (χ3v) is 4.97. The van der Waals surface area contributed by atoms with Crippen molar-refractivity contribution >= 4 is 39.6 Å². The first-order valence-electron chi connectivity index (χ1n) is 6.30. The zero-order chi connectivity index (χ0) is 14.8. The number of carboxylic acid groups (broad SMARTS) is 1. The van der Waals surface area contributed by atoms with Gasteiger partial charge >= 0.3 is 5.97 Å². The first-order chi connectivity index (χ1) is 9.40. The number of amides is 1. The molecular formula is C14H16BrNO3S. The van der Waals surface area contributed by atoms with Gasteiger partial charge < -0.3 is 10.0 Å². The minimum absolute atomic E-state index is 0.0000458. The van der Waals surface area contributed by atoms with E-state index in [9.17, 15) is 9.59 Å². The minimum atomic E-state index is -0.826. The van der Waals surface area contributed by atoms with E-state index in [1.165, 1.54) is 11.8 Å². The van der Waals surface area contributed by atoms with Crippen LogP contribution in [0.4, 0.5) is 0 Å². The molecular weight excluding hydrogens is 342 g/mol. The number of hydrogen-bond acceptors (Lipinski definition) is 3. The Morgan fingerprint density at radius 3 is 2.85 bits per heavy atom. The zero-order valence-electron chi connectivity index (χ0n) is 11.1. The third-order valence-electron chi connectivity index (χ3n) is 3.50. The van der Waals surface area contributed by atoms with Gasteiger partial charge in [-0.3, -0.25) is 9.59 Å². The Bertz CT molecular complexity index is 537. The van der Waals surface area contributed by atoms with Gasteiger partial charge in [-0.2, -0.15) is 0 Å². The molecule has 1 aliphatic rings. The lowest BCUT2D eigenvalue weighted by Crippen LogP contribution is -2.35. The van der Waals surface area contributed by atoms with E-state index >= 15 is 0 Å². The van der Waals surface area contributed by atoms with Crippen molar-refractivity contribution in [2.75, 3.05) is 18.8 Å². The maximum atomic E-state index is 12.1. The Morgan fingerprint density at radius 1 is 1.50 bits per heavy atom. The molecule has 1 unspecified atom stereocenters. The largest absolute Gasteiger partial charge is 0.481 e. The zero-order valence-corrected chi connectivity index (χ0v) is 13.5. The summed E-state index contributed by atoms with van der Waals surface area (Å²) in [6.07, 6.45) is 0.523. The van der Waals surface area contributed by atoms with Crippen molar-refractivity contribution in [2.24, 2.45) is 5.41 Å². The van der Waals surface area contributed by atoms with Crippen LogP contribution in [0.2, 0.25) is 0 Å².